The van der Waals surface area contributed by atoms with Crippen LogP contribution in [-0.4, -0.2) is 72.4 Å². The Kier molecular flexibility index (Phi) is 6.75. The lowest BCUT2D eigenvalue weighted by atomic mass is 10.1. The number of piperidine rings is 1. The Morgan fingerprint density at radius 3 is 2.55 bits per heavy atom. The number of nitrogens with one attached hydrogen (secondary N) is 1. The van der Waals surface area contributed by atoms with Gasteiger partial charge >= 0.3 is 0 Å². The van der Waals surface area contributed by atoms with E-state index in [1.165, 1.54) is 51.9 Å². The van der Waals surface area contributed by atoms with E-state index in [1.54, 1.807) is 0 Å². The minimum Gasteiger partial charge on any atom is -0.395 e. The van der Waals surface area contributed by atoms with Gasteiger partial charge in [-0.1, -0.05) is 20.3 Å². The van der Waals surface area contributed by atoms with Gasteiger partial charge in [0.2, 0.25) is 0 Å². The van der Waals surface area contributed by atoms with Crippen molar-refractivity contribution in [3.8, 4) is 0 Å². The van der Waals surface area contributed by atoms with E-state index in [0.717, 1.165) is 19.0 Å². The van der Waals surface area contributed by atoms with E-state index >= 15 is 0 Å². The molecule has 0 saturated carbocycles. The van der Waals surface area contributed by atoms with Crippen LogP contribution >= 0.6 is 0 Å². The van der Waals surface area contributed by atoms with Gasteiger partial charge in [-0.15, -0.1) is 0 Å². The van der Waals surface area contributed by atoms with Crippen LogP contribution in [0.5, 0.6) is 0 Å². The Balaban J connectivity index is 1.67. The molecular weight excluding hydrogens is 250 g/mol. The summed E-state index contributed by atoms with van der Waals surface area (Å²) in [7, 11) is 0. The van der Waals surface area contributed by atoms with Gasteiger partial charge in [0.25, 0.3) is 0 Å². The normalized spacial score (nSPS) is 27.3. The quantitative estimate of drug-likeness (QED) is 0.739. The molecule has 2 aliphatic heterocycles. The Bertz CT molecular complexity index is 266. The standard InChI is InChI=1S/C16H33N3O/c1-14(2)17-15(13-20)6-10-18-11-7-16(12-18)19-8-4-3-5-9-19/h14-17,20H,3-13H2,1-2H3. The van der Waals surface area contributed by atoms with Crippen molar-refractivity contribution in [1.29, 1.82) is 0 Å². The summed E-state index contributed by atoms with van der Waals surface area (Å²) >= 11 is 0. The van der Waals surface area contributed by atoms with Gasteiger partial charge in [0.15, 0.2) is 0 Å². The molecule has 2 aliphatic rings. The highest BCUT2D eigenvalue weighted by molar-refractivity contribution is 4.85. The molecule has 2 saturated heterocycles. The van der Waals surface area contributed by atoms with Crippen LogP contribution in [0.1, 0.15) is 46.0 Å². The first-order valence-electron chi connectivity index (χ1n) is 8.52. The largest absolute Gasteiger partial charge is 0.395 e. The molecule has 0 aromatic rings. The first kappa shape index (κ1) is 16.2. The van der Waals surface area contributed by atoms with Gasteiger partial charge < -0.3 is 15.3 Å². The third kappa shape index (κ3) is 4.99. The number of hydrogen-bond donors (Lipinski definition) is 2. The topological polar surface area (TPSA) is 38.7 Å². The fourth-order valence-electron chi connectivity index (χ4n) is 3.63. The van der Waals surface area contributed by atoms with Gasteiger partial charge in [0.1, 0.15) is 0 Å². The van der Waals surface area contributed by atoms with Gasteiger partial charge in [0, 0.05) is 24.7 Å². The minimum absolute atomic E-state index is 0.252. The number of aliphatic hydroxyl groups excluding tert-OH is 1. The van der Waals surface area contributed by atoms with Crippen LogP contribution in [0.4, 0.5) is 0 Å². The van der Waals surface area contributed by atoms with Crippen molar-refractivity contribution >= 4 is 0 Å². The summed E-state index contributed by atoms with van der Waals surface area (Å²) < 4.78 is 0. The van der Waals surface area contributed by atoms with Crippen LogP contribution in [0.3, 0.4) is 0 Å². The second-order valence-electron chi connectivity index (χ2n) is 6.83. The van der Waals surface area contributed by atoms with Crippen LogP contribution in [0.15, 0.2) is 0 Å². The van der Waals surface area contributed by atoms with Crippen LogP contribution in [0.2, 0.25) is 0 Å². The van der Waals surface area contributed by atoms with Crippen molar-refractivity contribution in [1.82, 2.24) is 15.1 Å². The summed E-state index contributed by atoms with van der Waals surface area (Å²) in [6.07, 6.45) is 6.59. The highest BCUT2D eigenvalue weighted by atomic mass is 16.3. The maximum atomic E-state index is 9.42. The molecule has 2 fully saturated rings. The zero-order chi connectivity index (χ0) is 14.4. The van der Waals surface area contributed by atoms with Crippen molar-refractivity contribution in [2.75, 3.05) is 39.3 Å². The molecule has 2 N–H and O–H groups in total. The maximum Gasteiger partial charge on any atom is 0.0585 e. The van der Waals surface area contributed by atoms with Gasteiger partial charge in [-0.2, -0.15) is 0 Å². The lowest BCUT2D eigenvalue weighted by Crippen LogP contribution is -2.42. The monoisotopic (exact) mass is 283 g/mol. The molecule has 0 aliphatic carbocycles. The number of likely N-dealkylation sites (tertiary alicyclic amines) is 2. The molecule has 4 heteroatoms. The summed E-state index contributed by atoms with van der Waals surface area (Å²) in [5, 5.41) is 12.9. The highest BCUT2D eigenvalue weighted by Crippen LogP contribution is 2.20. The Morgan fingerprint density at radius 1 is 1.15 bits per heavy atom. The third-order valence-corrected chi connectivity index (χ3v) is 4.74. The third-order valence-electron chi connectivity index (χ3n) is 4.74. The predicted molar refractivity (Wildman–Crippen MR) is 84.0 cm³/mol. The molecule has 2 rings (SSSR count). The SMILES string of the molecule is CC(C)NC(CO)CCN1CCC(N2CCCCC2)C1. The maximum absolute atomic E-state index is 9.42. The lowest BCUT2D eigenvalue weighted by molar-refractivity contribution is 0.159. The molecule has 0 aromatic carbocycles. The van der Waals surface area contributed by atoms with E-state index in [4.69, 9.17) is 0 Å². The van der Waals surface area contributed by atoms with E-state index in [2.05, 4.69) is 29.0 Å². The second kappa shape index (κ2) is 8.32. The predicted octanol–water partition coefficient (Wildman–Crippen LogP) is 1.30. The minimum atomic E-state index is 0.252. The zero-order valence-corrected chi connectivity index (χ0v) is 13.4. The summed E-state index contributed by atoms with van der Waals surface area (Å²) in [6.45, 7) is 10.8. The number of rotatable bonds is 7. The fourth-order valence-corrected chi connectivity index (χ4v) is 3.63. The molecule has 0 bridgehead atoms. The molecule has 20 heavy (non-hydrogen) atoms. The number of nitrogens with zero attached hydrogens (tertiary/aromatic N) is 2. The molecule has 0 radical (unpaired) electrons. The van der Waals surface area contributed by atoms with Gasteiger partial charge in [-0.25, -0.2) is 0 Å². The Labute approximate surface area is 124 Å². The van der Waals surface area contributed by atoms with Crippen LogP contribution < -0.4 is 5.32 Å². The van der Waals surface area contributed by atoms with Gasteiger partial charge in [-0.3, -0.25) is 4.90 Å². The fraction of sp³-hybridized carbons (Fsp3) is 1.00. The molecule has 118 valence electrons. The number of aliphatic hydroxyl groups is 1. The summed E-state index contributed by atoms with van der Waals surface area (Å²) in [5.41, 5.74) is 0. The Morgan fingerprint density at radius 2 is 1.90 bits per heavy atom. The summed E-state index contributed by atoms with van der Waals surface area (Å²) in [6, 6.07) is 1.50. The molecule has 2 unspecified atom stereocenters. The van der Waals surface area contributed by atoms with E-state index in [-0.39, 0.29) is 12.6 Å². The van der Waals surface area contributed by atoms with Crippen LogP contribution in [0, 0.1) is 0 Å². The van der Waals surface area contributed by atoms with Crippen LogP contribution in [-0.2, 0) is 0 Å². The van der Waals surface area contributed by atoms with Gasteiger partial charge in [-0.05, 0) is 51.9 Å². The van der Waals surface area contributed by atoms with Crippen molar-refractivity contribution in [2.45, 2.75) is 64.1 Å². The highest BCUT2D eigenvalue weighted by Gasteiger charge is 2.28. The summed E-state index contributed by atoms with van der Waals surface area (Å²) in [5.74, 6) is 0. The second-order valence-corrected chi connectivity index (χ2v) is 6.83. The van der Waals surface area contributed by atoms with Crippen LogP contribution in [0.25, 0.3) is 0 Å². The number of hydrogen-bond acceptors (Lipinski definition) is 4. The van der Waals surface area contributed by atoms with E-state index in [1.807, 2.05) is 0 Å². The first-order chi connectivity index (χ1) is 9.69. The molecule has 4 nitrogen and oxygen atoms in total. The molecular formula is C16H33N3O. The molecule has 0 aromatic heterocycles. The van der Waals surface area contributed by atoms with Crippen molar-refractivity contribution < 1.29 is 5.11 Å². The van der Waals surface area contributed by atoms with Crippen molar-refractivity contribution in [2.24, 2.45) is 0 Å². The average molecular weight is 283 g/mol. The van der Waals surface area contributed by atoms with Crippen molar-refractivity contribution in [3.63, 3.8) is 0 Å². The molecule has 2 atom stereocenters. The van der Waals surface area contributed by atoms with Gasteiger partial charge in [0.05, 0.1) is 6.61 Å². The van der Waals surface area contributed by atoms with E-state index in [0.29, 0.717) is 6.04 Å². The smallest absolute Gasteiger partial charge is 0.0585 e. The van der Waals surface area contributed by atoms with E-state index < -0.39 is 0 Å². The van der Waals surface area contributed by atoms with E-state index in [9.17, 15) is 5.11 Å². The first-order valence-corrected chi connectivity index (χ1v) is 8.52. The average Bonchev–Trinajstić information content (AvgIpc) is 2.93. The molecule has 0 amide bonds. The lowest BCUT2D eigenvalue weighted by Gasteiger charge is -2.32. The zero-order valence-electron chi connectivity index (χ0n) is 13.4. The Hall–Kier alpha value is -0.160. The molecule has 0 spiro atoms. The molecule has 2 heterocycles. The summed E-state index contributed by atoms with van der Waals surface area (Å²) in [4.78, 5) is 5.29. The van der Waals surface area contributed by atoms with Crippen molar-refractivity contribution in [3.05, 3.63) is 0 Å².